The molecule has 6 nitrogen and oxygen atoms in total. The highest BCUT2D eigenvalue weighted by molar-refractivity contribution is 4.95. The fourth-order valence-corrected chi connectivity index (χ4v) is 21.9. The highest BCUT2D eigenvalue weighted by Crippen LogP contribution is 2.55. The van der Waals surface area contributed by atoms with Crippen molar-refractivity contribution in [2.24, 2.45) is 71.0 Å². The predicted octanol–water partition coefficient (Wildman–Crippen LogP) is 32.7. The van der Waals surface area contributed by atoms with E-state index in [9.17, 15) is 0 Å². The predicted molar refractivity (Wildman–Crippen MR) is 488 cm³/mol. The fourth-order valence-electron chi connectivity index (χ4n) is 21.9. The van der Waals surface area contributed by atoms with Crippen LogP contribution in [0.1, 0.15) is 555 Å². The van der Waals surface area contributed by atoms with Gasteiger partial charge in [0.05, 0.1) is 0 Å². The number of fused-ring (bicyclic) bond motifs is 1. The van der Waals surface area contributed by atoms with Gasteiger partial charge in [0.2, 0.25) is 0 Å². The maximum Gasteiger partial charge on any atom is 0.0431 e. The number of hydrogen-bond donors (Lipinski definition) is 6. The number of aliphatic hydroxyl groups is 6. The summed E-state index contributed by atoms with van der Waals surface area (Å²) in [7, 11) is 0. The molecule has 0 radical (unpaired) electrons. The molecule has 3 aliphatic rings. The van der Waals surface area contributed by atoms with E-state index in [0.717, 1.165) is 110 Å². The lowest BCUT2D eigenvalue weighted by Gasteiger charge is -2.51. The lowest BCUT2D eigenvalue weighted by molar-refractivity contribution is -0.00867. The fraction of sp³-hybridized carbons (Fsp3) is 1.00. The molecule has 12 atom stereocenters. The van der Waals surface area contributed by atoms with Crippen molar-refractivity contribution >= 4 is 0 Å². The summed E-state index contributed by atoms with van der Waals surface area (Å²) in [5, 5.41) is 54.6. The van der Waals surface area contributed by atoms with Crippen LogP contribution in [0.25, 0.3) is 0 Å². The van der Waals surface area contributed by atoms with E-state index >= 15 is 0 Å². The van der Waals surface area contributed by atoms with Crippen LogP contribution in [0.5, 0.6) is 0 Å². The second-order valence-corrected chi connectivity index (χ2v) is 38.0. The molecule has 0 aromatic carbocycles. The molecule has 660 valence electrons. The van der Waals surface area contributed by atoms with Gasteiger partial charge in [-0.3, -0.25) is 0 Å². The average Bonchev–Trinajstić information content (AvgIpc) is 0.788. The lowest BCUT2D eigenvalue weighted by Crippen LogP contribution is -2.42. The molecule has 110 heavy (non-hydrogen) atoms. The summed E-state index contributed by atoms with van der Waals surface area (Å²) in [5.41, 5.74) is 0. The van der Waals surface area contributed by atoms with Gasteiger partial charge in [-0.1, -0.05) is 459 Å². The first-order valence-electron chi connectivity index (χ1n) is 52.0. The zero-order valence-corrected chi connectivity index (χ0v) is 76.4. The van der Waals surface area contributed by atoms with Crippen molar-refractivity contribution < 1.29 is 30.6 Å². The third kappa shape index (κ3) is 61.1. The van der Waals surface area contributed by atoms with E-state index in [1.165, 1.54) is 462 Å². The summed E-state index contributed by atoms with van der Waals surface area (Å²) in [6.45, 7) is 16.2. The van der Waals surface area contributed by atoms with Crippen molar-refractivity contribution in [3.8, 4) is 0 Å². The molecule has 0 aromatic rings. The molecule has 0 spiro atoms. The molecule has 0 bridgehead atoms. The molecule has 3 rings (SSSR count). The molecular weight excluding hydrogens is 1350 g/mol. The SMILES string of the molecule is CCCCCCC1CC2CCC(CCCCCCCO)C(CCCCCCCO)C2CC1CCCCCC.CCCCCCCCC1C(CCCCCC)CCC(CCCCCCCO)C1CCCCCCCO.CCCCCCCCCC(CCCCCCCO)C(CCCCCCCO)CCCCCCCCC. The van der Waals surface area contributed by atoms with Crippen molar-refractivity contribution in [3.63, 3.8) is 0 Å². The average molecular weight is 1550 g/mol. The van der Waals surface area contributed by atoms with Crippen LogP contribution in [0.4, 0.5) is 0 Å². The molecule has 3 saturated carbocycles. The highest BCUT2D eigenvalue weighted by atomic mass is 16.3. The molecule has 12 unspecified atom stereocenters. The van der Waals surface area contributed by atoms with Gasteiger partial charge in [0.15, 0.2) is 0 Å². The van der Waals surface area contributed by atoms with Gasteiger partial charge in [0.25, 0.3) is 0 Å². The lowest BCUT2D eigenvalue weighted by atomic mass is 9.54. The minimum atomic E-state index is 0.361. The molecule has 0 aromatic heterocycles. The first kappa shape index (κ1) is 108. The number of rotatable bonds is 81. The van der Waals surface area contributed by atoms with E-state index in [4.69, 9.17) is 30.6 Å². The smallest absolute Gasteiger partial charge is 0.0431 e. The maximum atomic E-state index is 9.15. The Kier molecular flexibility index (Phi) is 83.5. The zero-order valence-electron chi connectivity index (χ0n) is 76.4. The van der Waals surface area contributed by atoms with Gasteiger partial charge in [-0.15, -0.1) is 0 Å². The monoisotopic (exact) mass is 1550 g/mol. The Morgan fingerprint density at radius 3 is 0.645 bits per heavy atom. The molecule has 0 heterocycles. The third-order valence-corrected chi connectivity index (χ3v) is 28.7. The quantitative estimate of drug-likeness (QED) is 0.0338. The molecule has 0 aliphatic heterocycles. The van der Waals surface area contributed by atoms with Crippen molar-refractivity contribution in [2.75, 3.05) is 39.6 Å². The van der Waals surface area contributed by atoms with Crippen molar-refractivity contribution in [1.82, 2.24) is 0 Å². The van der Waals surface area contributed by atoms with Crippen LogP contribution in [-0.4, -0.2) is 70.3 Å². The maximum absolute atomic E-state index is 9.15. The molecule has 0 amide bonds. The van der Waals surface area contributed by atoms with Crippen molar-refractivity contribution in [1.29, 1.82) is 0 Å². The van der Waals surface area contributed by atoms with Gasteiger partial charge < -0.3 is 30.6 Å². The number of aliphatic hydroxyl groups excluding tert-OH is 6. The van der Waals surface area contributed by atoms with E-state index in [-0.39, 0.29) is 0 Å². The highest BCUT2D eigenvalue weighted by Gasteiger charge is 2.45. The van der Waals surface area contributed by atoms with E-state index in [1.54, 1.807) is 12.8 Å². The topological polar surface area (TPSA) is 121 Å². The summed E-state index contributed by atoms with van der Waals surface area (Å²) < 4.78 is 0. The minimum absolute atomic E-state index is 0.361. The first-order valence-corrected chi connectivity index (χ1v) is 52.0. The summed E-state index contributed by atoms with van der Waals surface area (Å²) >= 11 is 0. The summed E-state index contributed by atoms with van der Waals surface area (Å²) in [6, 6.07) is 0. The zero-order chi connectivity index (χ0) is 79.7. The van der Waals surface area contributed by atoms with Crippen LogP contribution >= 0.6 is 0 Å². The van der Waals surface area contributed by atoms with E-state index in [1.807, 2.05) is 0 Å². The largest absolute Gasteiger partial charge is 0.396 e. The Balaban J connectivity index is 0.000000826. The molecular formula is C104H208O6. The molecule has 3 aliphatic carbocycles. The van der Waals surface area contributed by atoms with E-state index < -0.39 is 0 Å². The number of hydrogen-bond acceptors (Lipinski definition) is 6. The normalized spacial score (nSPS) is 21.2. The van der Waals surface area contributed by atoms with Gasteiger partial charge >= 0.3 is 0 Å². The Morgan fingerprint density at radius 1 is 0.182 bits per heavy atom. The standard InChI is InChI=1S/C36H70O2.C34H68O2.C34H70O2/c1-3-5-7-15-22-32-29-34-26-25-31(21-17-11-9-13-19-27-37)35(24-18-12-10-14-20-28-38)36(34)30-33(32)23-16-8-6-4-2;1-3-5-7-9-13-19-25-33-31(23-17-8-6-4-2)27-28-32(24-18-12-10-15-21-29-35)34(33)26-20-14-11-16-22-30-36;1-3-5-7-9-11-15-21-27-33(29-23-17-13-19-25-31-35)34(30-24-18-14-20-26-32-36)28-22-16-12-10-8-6-4-2/h31-38H,3-30H2,1-2H3;31-36H,3-30H2,1-2H3;33-36H,3-32H2,1-2H3. The Labute approximate surface area is 692 Å². The molecule has 6 N–H and O–H groups in total. The third-order valence-electron chi connectivity index (χ3n) is 28.7. The summed E-state index contributed by atoms with van der Waals surface area (Å²) in [4.78, 5) is 0. The van der Waals surface area contributed by atoms with Gasteiger partial charge in [0, 0.05) is 39.6 Å². The van der Waals surface area contributed by atoms with Gasteiger partial charge in [-0.2, -0.15) is 0 Å². The van der Waals surface area contributed by atoms with Crippen LogP contribution in [0.2, 0.25) is 0 Å². The molecule has 3 fully saturated rings. The first-order chi connectivity index (χ1) is 54.3. The Bertz CT molecular complexity index is 1660. The minimum Gasteiger partial charge on any atom is -0.396 e. The Hall–Kier alpha value is -0.240. The van der Waals surface area contributed by atoms with E-state index in [2.05, 4.69) is 41.5 Å². The second-order valence-electron chi connectivity index (χ2n) is 38.0. The van der Waals surface area contributed by atoms with Gasteiger partial charge in [0.1, 0.15) is 0 Å². The number of unbranched alkanes of at least 4 members (excludes halogenated alkanes) is 50. The second kappa shape index (κ2) is 85.2. The summed E-state index contributed by atoms with van der Waals surface area (Å²) in [6.07, 6.45) is 110. The molecule has 0 saturated heterocycles. The summed E-state index contributed by atoms with van der Waals surface area (Å²) in [5.74, 6) is 11.9. The van der Waals surface area contributed by atoms with Crippen LogP contribution < -0.4 is 0 Å². The van der Waals surface area contributed by atoms with Crippen LogP contribution in [0.3, 0.4) is 0 Å². The van der Waals surface area contributed by atoms with Crippen LogP contribution in [-0.2, 0) is 0 Å². The van der Waals surface area contributed by atoms with E-state index in [0.29, 0.717) is 39.6 Å². The van der Waals surface area contributed by atoms with Crippen LogP contribution in [0, 0.1) is 71.0 Å². The van der Waals surface area contributed by atoms with Crippen molar-refractivity contribution in [2.45, 2.75) is 555 Å². The van der Waals surface area contributed by atoms with Gasteiger partial charge in [-0.05, 0) is 167 Å². The Morgan fingerprint density at radius 2 is 0.373 bits per heavy atom. The molecule has 6 heteroatoms. The van der Waals surface area contributed by atoms with Crippen LogP contribution in [0.15, 0.2) is 0 Å². The van der Waals surface area contributed by atoms with Gasteiger partial charge in [-0.25, -0.2) is 0 Å². The van der Waals surface area contributed by atoms with Crippen molar-refractivity contribution in [3.05, 3.63) is 0 Å².